The number of halogens is 1. The van der Waals surface area contributed by atoms with E-state index in [1.807, 2.05) is 6.92 Å². The van der Waals surface area contributed by atoms with Crippen molar-refractivity contribution in [3.05, 3.63) is 41.7 Å². The van der Waals surface area contributed by atoms with Crippen LogP contribution in [-0.4, -0.2) is 45.5 Å². The van der Waals surface area contributed by atoms with Gasteiger partial charge in [-0.25, -0.2) is 18.6 Å². The predicted molar refractivity (Wildman–Crippen MR) is 132 cm³/mol. The van der Waals surface area contributed by atoms with E-state index in [1.54, 1.807) is 19.2 Å². The summed E-state index contributed by atoms with van der Waals surface area (Å²) in [6, 6.07) is 2.03. The molecule has 2 N–H and O–H groups in total. The van der Waals surface area contributed by atoms with E-state index in [0.717, 1.165) is 53.5 Å². The number of thiazole rings is 1. The number of nitrogens with one attached hydrogen (secondary N) is 2. The number of nitrogens with zero attached hydrogens (tertiary/aromatic N) is 3. The third-order valence-electron chi connectivity index (χ3n) is 5.88. The zero-order valence-corrected chi connectivity index (χ0v) is 21.2. The molecule has 1 aliphatic heterocycles. The number of anilines is 2. The first kappa shape index (κ1) is 24.5. The van der Waals surface area contributed by atoms with E-state index < -0.39 is 16.8 Å². The fourth-order valence-corrected chi connectivity index (χ4v) is 6.03. The molecule has 4 heterocycles. The van der Waals surface area contributed by atoms with Crippen LogP contribution in [-0.2, 0) is 15.7 Å². The van der Waals surface area contributed by atoms with Gasteiger partial charge in [-0.3, -0.25) is 9.71 Å². The fraction of sp³-hybridized carbons (Fsp3) is 0.435. The molecule has 4 rings (SSSR count). The van der Waals surface area contributed by atoms with Gasteiger partial charge < -0.3 is 14.8 Å². The zero-order chi connectivity index (χ0) is 24.2. The van der Waals surface area contributed by atoms with Crippen LogP contribution in [0.15, 0.2) is 29.6 Å². The topological polar surface area (TPSA) is 98.3 Å². The van der Waals surface area contributed by atoms with E-state index in [2.05, 4.69) is 26.9 Å². The van der Waals surface area contributed by atoms with Crippen molar-refractivity contribution in [1.82, 2.24) is 15.0 Å². The number of pyridine rings is 2. The smallest absolute Gasteiger partial charge is 0.231 e. The van der Waals surface area contributed by atoms with Gasteiger partial charge in [-0.15, -0.1) is 0 Å². The lowest BCUT2D eigenvalue weighted by molar-refractivity contribution is 0.0622. The molecule has 182 valence electrons. The first-order valence-corrected chi connectivity index (χ1v) is 13.0. The second-order valence-corrected chi connectivity index (χ2v) is 10.4. The van der Waals surface area contributed by atoms with Crippen molar-refractivity contribution >= 4 is 33.1 Å². The van der Waals surface area contributed by atoms with Crippen LogP contribution in [0.5, 0.6) is 5.88 Å². The van der Waals surface area contributed by atoms with E-state index in [4.69, 9.17) is 14.5 Å². The molecule has 34 heavy (non-hydrogen) atoms. The van der Waals surface area contributed by atoms with Crippen molar-refractivity contribution in [3.63, 3.8) is 0 Å². The number of methoxy groups -OCH3 is 1. The highest BCUT2D eigenvalue weighted by atomic mass is 32.2. The van der Waals surface area contributed by atoms with Crippen LogP contribution < -0.4 is 14.8 Å². The molecule has 8 nitrogen and oxygen atoms in total. The second-order valence-electron chi connectivity index (χ2n) is 8.23. The van der Waals surface area contributed by atoms with Crippen molar-refractivity contribution in [2.75, 3.05) is 30.4 Å². The Bertz CT molecular complexity index is 1160. The van der Waals surface area contributed by atoms with E-state index in [9.17, 15) is 8.60 Å². The van der Waals surface area contributed by atoms with Gasteiger partial charge in [0.25, 0.3) is 0 Å². The number of ether oxygens (including phenoxy) is 2. The van der Waals surface area contributed by atoms with Gasteiger partial charge in [-0.1, -0.05) is 11.3 Å². The Morgan fingerprint density at radius 1 is 1.26 bits per heavy atom. The van der Waals surface area contributed by atoms with Gasteiger partial charge in [-0.2, -0.15) is 0 Å². The monoisotopic (exact) mass is 505 g/mol. The zero-order valence-electron chi connectivity index (χ0n) is 19.6. The van der Waals surface area contributed by atoms with Gasteiger partial charge in [-0.05, 0) is 51.2 Å². The molecular weight excluding hydrogens is 477 g/mol. The molecule has 0 bridgehead atoms. The molecule has 0 saturated carbocycles. The number of aryl methyl sites for hydroxylation is 2. The Morgan fingerprint density at radius 2 is 2.03 bits per heavy atom. The molecule has 1 saturated heterocycles. The summed E-state index contributed by atoms with van der Waals surface area (Å²) in [7, 11) is -0.354. The summed E-state index contributed by atoms with van der Waals surface area (Å²) in [4.78, 5) is 14.1. The number of rotatable bonds is 8. The maximum atomic E-state index is 14.2. The standard InChI is InChI=1S/C23H28FN5O3S2/c1-13-10-25-12-18(24)20(13)29-34(30)19-9-17(11-26-22(19)31-4)21-15(3)28-23(33-21)27-14(2)16-5-7-32-8-6-16/h9-12,14,16H,5-8H2,1-4H3,(H,25,29)(H,27,28). The lowest BCUT2D eigenvalue weighted by Crippen LogP contribution is -2.30. The maximum Gasteiger partial charge on any atom is 0.231 e. The second kappa shape index (κ2) is 10.7. The Balaban J connectivity index is 1.58. The summed E-state index contributed by atoms with van der Waals surface area (Å²) in [6.45, 7) is 7.40. The van der Waals surface area contributed by atoms with Crippen LogP contribution >= 0.6 is 11.3 Å². The van der Waals surface area contributed by atoms with Crippen LogP contribution in [0.25, 0.3) is 10.4 Å². The lowest BCUT2D eigenvalue weighted by atomic mass is 9.93. The van der Waals surface area contributed by atoms with Gasteiger partial charge in [0.1, 0.15) is 4.90 Å². The molecule has 0 spiro atoms. The quantitative estimate of drug-likeness (QED) is 0.457. The maximum absolute atomic E-state index is 14.2. The molecule has 3 aromatic rings. The van der Waals surface area contributed by atoms with Crippen molar-refractivity contribution in [3.8, 4) is 16.3 Å². The summed E-state index contributed by atoms with van der Waals surface area (Å²) in [5.74, 6) is 0.167. The van der Waals surface area contributed by atoms with E-state index in [0.29, 0.717) is 16.4 Å². The van der Waals surface area contributed by atoms with Crippen molar-refractivity contribution < 1.29 is 18.1 Å². The van der Waals surface area contributed by atoms with Gasteiger partial charge in [0.05, 0.1) is 29.6 Å². The molecule has 1 fully saturated rings. The van der Waals surface area contributed by atoms with Crippen LogP contribution in [0.1, 0.15) is 31.0 Å². The van der Waals surface area contributed by atoms with Crippen molar-refractivity contribution in [2.45, 2.75) is 44.6 Å². The number of hydrogen-bond acceptors (Lipinski definition) is 8. The highest BCUT2D eigenvalue weighted by Gasteiger charge is 2.23. The minimum absolute atomic E-state index is 0.128. The average Bonchev–Trinajstić information content (AvgIpc) is 3.21. The van der Waals surface area contributed by atoms with Crippen LogP contribution in [0.2, 0.25) is 0 Å². The van der Waals surface area contributed by atoms with Gasteiger partial charge in [0.2, 0.25) is 5.88 Å². The Labute approximate surface area is 204 Å². The largest absolute Gasteiger partial charge is 0.480 e. The number of hydrogen-bond donors (Lipinski definition) is 2. The molecule has 2 unspecified atom stereocenters. The Morgan fingerprint density at radius 3 is 2.74 bits per heavy atom. The van der Waals surface area contributed by atoms with Gasteiger partial charge in [0, 0.05) is 37.2 Å². The molecule has 0 aromatic carbocycles. The summed E-state index contributed by atoms with van der Waals surface area (Å²) < 4.78 is 40.9. The third kappa shape index (κ3) is 5.37. The minimum Gasteiger partial charge on any atom is -0.480 e. The average molecular weight is 506 g/mol. The molecule has 0 amide bonds. The SMILES string of the molecule is COc1ncc(-c2sc(NC(C)C3CCOCC3)nc2C)cc1S(=O)Nc1c(C)cncc1F. The summed E-state index contributed by atoms with van der Waals surface area (Å²) in [6.07, 6.45) is 6.32. The molecule has 11 heteroatoms. The van der Waals surface area contributed by atoms with Gasteiger partial charge in [0.15, 0.2) is 21.9 Å². The first-order valence-electron chi connectivity index (χ1n) is 11.0. The Kier molecular flexibility index (Phi) is 7.74. The minimum atomic E-state index is -1.81. The van der Waals surface area contributed by atoms with E-state index in [-0.39, 0.29) is 17.6 Å². The third-order valence-corrected chi connectivity index (χ3v) is 8.10. The molecule has 2 atom stereocenters. The molecule has 0 radical (unpaired) electrons. The lowest BCUT2D eigenvalue weighted by Gasteiger charge is -2.28. The summed E-state index contributed by atoms with van der Waals surface area (Å²) in [5.41, 5.74) is 2.28. The van der Waals surface area contributed by atoms with Crippen LogP contribution in [0.4, 0.5) is 15.2 Å². The fourth-order valence-electron chi connectivity index (χ4n) is 3.91. The number of aromatic nitrogens is 3. The molecule has 3 aromatic heterocycles. The highest BCUT2D eigenvalue weighted by Crippen LogP contribution is 2.36. The van der Waals surface area contributed by atoms with E-state index >= 15 is 0 Å². The normalized spacial score (nSPS) is 16.1. The molecular formula is C23H28FN5O3S2. The van der Waals surface area contributed by atoms with Gasteiger partial charge >= 0.3 is 0 Å². The Hall–Kier alpha value is -2.63. The first-order chi connectivity index (χ1) is 16.4. The molecule has 1 aliphatic rings. The van der Waals surface area contributed by atoms with Crippen LogP contribution in [0.3, 0.4) is 0 Å². The summed E-state index contributed by atoms with van der Waals surface area (Å²) in [5, 5.41) is 4.37. The summed E-state index contributed by atoms with van der Waals surface area (Å²) >= 11 is 1.53. The van der Waals surface area contributed by atoms with Crippen molar-refractivity contribution in [2.24, 2.45) is 5.92 Å². The highest BCUT2D eigenvalue weighted by molar-refractivity contribution is 7.86. The van der Waals surface area contributed by atoms with E-state index in [1.165, 1.54) is 24.6 Å². The van der Waals surface area contributed by atoms with Crippen molar-refractivity contribution in [1.29, 1.82) is 0 Å². The molecule has 0 aliphatic carbocycles. The van der Waals surface area contributed by atoms with Crippen LogP contribution in [0, 0.1) is 25.6 Å². The predicted octanol–water partition coefficient (Wildman–Crippen LogP) is 4.73.